The van der Waals surface area contributed by atoms with Gasteiger partial charge < -0.3 is 9.84 Å². The van der Waals surface area contributed by atoms with Crippen LogP contribution in [0.3, 0.4) is 0 Å². The Balaban J connectivity index is 4.30. The fourth-order valence-electron chi connectivity index (χ4n) is 1.72. The molecule has 0 fully saturated rings. The molecule has 4 nitrogen and oxygen atoms in total. The molecule has 0 aliphatic rings. The average Bonchev–Trinajstić information content (AvgIpc) is 2.48. The number of rotatable bonds is 12. The van der Waals surface area contributed by atoms with Crippen LogP contribution >= 0.6 is 0 Å². The molecular formula is C19H29NO3. The third-order valence-electron chi connectivity index (χ3n) is 2.97. The summed E-state index contributed by atoms with van der Waals surface area (Å²) in [6.45, 7) is 8.81. The van der Waals surface area contributed by atoms with Crippen molar-refractivity contribution in [2.75, 3.05) is 26.7 Å². The molecular weight excluding hydrogens is 290 g/mol. The van der Waals surface area contributed by atoms with E-state index in [2.05, 4.69) is 25.7 Å². The molecule has 0 amide bonds. The zero-order valence-corrected chi connectivity index (χ0v) is 14.4. The van der Waals surface area contributed by atoms with Crippen LogP contribution < -0.4 is 0 Å². The molecule has 1 unspecified atom stereocenters. The van der Waals surface area contributed by atoms with Crippen LogP contribution in [0.2, 0.25) is 0 Å². The van der Waals surface area contributed by atoms with Crippen molar-refractivity contribution in [2.45, 2.75) is 20.3 Å². The molecule has 1 atom stereocenters. The van der Waals surface area contributed by atoms with E-state index < -0.39 is 5.97 Å². The number of hydrogen-bond donors (Lipinski definition) is 1. The van der Waals surface area contributed by atoms with E-state index in [4.69, 9.17) is 9.84 Å². The summed E-state index contributed by atoms with van der Waals surface area (Å²) in [5.74, 6) is 0.296. The summed E-state index contributed by atoms with van der Waals surface area (Å²) in [4.78, 5) is 12.3. The van der Waals surface area contributed by atoms with Crippen molar-refractivity contribution in [1.29, 1.82) is 0 Å². The second kappa shape index (κ2) is 13.6. The molecule has 0 rings (SSSR count). The van der Waals surface area contributed by atoms with E-state index in [1.807, 2.05) is 31.2 Å². The average molecular weight is 319 g/mol. The highest BCUT2D eigenvalue weighted by molar-refractivity contribution is 5.68. The zero-order valence-electron chi connectivity index (χ0n) is 14.4. The Bertz CT molecular complexity index is 461. The second-order valence-electron chi connectivity index (χ2n) is 5.31. The largest absolute Gasteiger partial charge is 0.492 e. The van der Waals surface area contributed by atoms with E-state index in [1.54, 1.807) is 24.1 Å². The van der Waals surface area contributed by atoms with Gasteiger partial charge in [0, 0.05) is 6.54 Å². The Hall–Kier alpha value is -2.07. The van der Waals surface area contributed by atoms with Gasteiger partial charge in [0.2, 0.25) is 0 Å². The van der Waals surface area contributed by atoms with E-state index in [-0.39, 0.29) is 6.54 Å². The summed E-state index contributed by atoms with van der Waals surface area (Å²) in [6, 6.07) is 0. The maximum absolute atomic E-state index is 10.6. The van der Waals surface area contributed by atoms with Crippen LogP contribution in [-0.2, 0) is 9.53 Å². The first-order valence-corrected chi connectivity index (χ1v) is 7.81. The van der Waals surface area contributed by atoms with Gasteiger partial charge in [0.05, 0.1) is 6.54 Å². The van der Waals surface area contributed by atoms with E-state index in [0.29, 0.717) is 19.1 Å². The van der Waals surface area contributed by atoms with Crippen LogP contribution in [0.15, 0.2) is 60.9 Å². The number of hydrogen-bond acceptors (Lipinski definition) is 3. The molecule has 0 radical (unpaired) electrons. The van der Waals surface area contributed by atoms with Crippen LogP contribution in [0.4, 0.5) is 0 Å². The molecule has 0 saturated heterocycles. The fraction of sp³-hybridized carbons (Fsp3) is 0.421. The highest BCUT2D eigenvalue weighted by atomic mass is 16.5. The molecule has 0 aliphatic heterocycles. The molecule has 0 heterocycles. The maximum Gasteiger partial charge on any atom is 0.317 e. The molecule has 0 bridgehead atoms. The van der Waals surface area contributed by atoms with E-state index in [1.165, 1.54) is 0 Å². The van der Waals surface area contributed by atoms with E-state index in [0.717, 1.165) is 12.2 Å². The third kappa shape index (κ3) is 13.3. The van der Waals surface area contributed by atoms with Crippen LogP contribution in [0.5, 0.6) is 0 Å². The lowest BCUT2D eigenvalue weighted by Crippen LogP contribution is -2.28. The van der Waals surface area contributed by atoms with Gasteiger partial charge in [0.1, 0.15) is 12.4 Å². The van der Waals surface area contributed by atoms with Crippen molar-refractivity contribution in [3.05, 3.63) is 60.9 Å². The zero-order chi connectivity index (χ0) is 17.5. The maximum atomic E-state index is 10.6. The normalized spacial score (nSPS) is 14.2. The van der Waals surface area contributed by atoms with Gasteiger partial charge in [-0.3, -0.25) is 9.69 Å². The van der Waals surface area contributed by atoms with Crippen LogP contribution in [0.25, 0.3) is 0 Å². The topological polar surface area (TPSA) is 49.8 Å². The summed E-state index contributed by atoms with van der Waals surface area (Å²) in [7, 11) is 1.75. The van der Waals surface area contributed by atoms with Crippen LogP contribution in [0, 0.1) is 5.92 Å². The lowest BCUT2D eigenvalue weighted by atomic mass is 10.1. The Morgan fingerprint density at radius 2 is 2.13 bits per heavy atom. The first-order chi connectivity index (χ1) is 11.0. The van der Waals surface area contributed by atoms with Crippen molar-refractivity contribution < 1.29 is 14.6 Å². The molecule has 0 saturated carbocycles. The van der Waals surface area contributed by atoms with Gasteiger partial charge in [-0.2, -0.15) is 0 Å². The Kier molecular flexibility index (Phi) is 12.4. The number of nitrogens with zero attached hydrogens (tertiary/aromatic N) is 1. The number of aliphatic carboxylic acids is 1. The molecule has 4 heteroatoms. The number of allylic oxidation sites excluding steroid dienone is 8. The summed E-state index contributed by atoms with van der Waals surface area (Å²) in [5.41, 5.74) is 0. The van der Waals surface area contributed by atoms with Crippen molar-refractivity contribution in [3.63, 3.8) is 0 Å². The van der Waals surface area contributed by atoms with Crippen molar-refractivity contribution in [2.24, 2.45) is 5.92 Å². The molecule has 0 spiro atoms. The van der Waals surface area contributed by atoms with Crippen molar-refractivity contribution in [1.82, 2.24) is 4.90 Å². The molecule has 0 aromatic rings. The van der Waals surface area contributed by atoms with Gasteiger partial charge in [0.25, 0.3) is 0 Å². The number of carboxylic acids is 1. The van der Waals surface area contributed by atoms with E-state index in [9.17, 15) is 4.79 Å². The van der Waals surface area contributed by atoms with Gasteiger partial charge in [-0.05, 0) is 38.5 Å². The lowest BCUT2D eigenvalue weighted by Gasteiger charge is -2.14. The highest BCUT2D eigenvalue weighted by Crippen LogP contribution is 2.09. The first-order valence-electron chi connectivity index (χ1n) is 7.81. The monoisotopic (exact) mass is 319 g/mol. The van der Waals surface area contributed by atoms with Gasteiger partial charge in [-0.25, -0.2) is 0 Å². The third-order valence-corrected chi connectivity index (χ3v) is 2.97. The molecule has 128 valence electrons. The van der Waals surface area contributed by atoms with Gasteiger partial charge >= 0.3 is 5.97 Å². The highest BCUT2D eigenvalue weighted by Gasteiger charge is 2.04. The minimum atomic E-state index is -0.839. The molecule has 0 aromatic carbocycles. The smallest absolute Gasteiger partial charge is 0.317 e. The predicted molar refractivity (Wildman–Crippen MR) is 96.2 cm³/mol. The number of carboxylic acid groups (broad SMARTS) is 1. The van der Waals surface area contributed by atoms with Gasteiger partial charge in [0.15, 0.2) is 0 Å². The second-order valence-corrected chi connectivity index (χ2v) is 5.31. The number of carbonyl (C=O) groups is 1. The first kappa shape index (κ1) is 20.9. The van der Waals surface area contributed by atoms with E-state index >= 15 is 0 Å². The fourth-order valence-corrected chi connectivity index (χ4v) is 1.72. The molecule has 23 heavy (non-hydrogen) atoms. The molecule has 0 aromatic heterocycles. The van der Waals surface area contributed by atoms with Crippen LogP contribution in [0.1, 0.15) is 20.3 Å². The summed E-state index contributed by atoms with van der Waals surface area (Å²) < 4.78 is 5.67. The predicted octanol–water partition coefficient (Wildman–Crippen LogP) is 3.80. The minimum Gasteiger partial charge on any atom is -0.492 e. The molecule has 0 aliphatic carbocycles. The van der Waals surface area contributed by atoms with Gasteiger partial charge in [-0.1, -0.05) is 50.0 Å². The lowest BCUT2D eigenvalue weighted by molar-refractivity contribution is -0.138. The van der Waals surface area contributed by atoms with Crippen molar-refractivity contribution in [3.8, 4) is 0 Å². The molecule has 1 N–H and O–H groups in total. The number of likely N-dealkylation sites (N-methyl/N-ethyl adjacent to an activating group) is 1. The Morgan fingerprint density at radius 3 is 2.74 bits per heavy atom. The summed E-state index contributed by atoms with van der Waals surface area (Å²) >= 11 is 0. The Labute approximate surface area is 140 Å². The minimum absolute atomic E-state index is 0.00921. The van der Waals surface area contributed by atoms with Crippen LogP contribution in [-0.4, -0.2) is 42.7 Å². The Morgan fingerprint density at radius 1 is 1.39 bits per heavy atom. The summed E-state index contributed by atoms with van der Waals surface area (Å²) in [6.07, 6.45) is 16.7. The van der Waals surface area contributed by atoms with Gasteiger partial charge in [-0.15, -0.1) is 0 Å². The standard InChI is InChI=1S/C19H29NO3/c1-5-7-8-9-11-17(3)12-13-18(10-6-2)23-15-14-20(4)16-19(21)22/h5-10,12-13,17H,2,11,14-16H2,1,3-4H3,(H,21,22)/b7-5-,9-8-,13-12-,18-10+. The number of ether oxygens (including phenoxy) is 1. The quantitative estimate of drug-likeness (QED) is 0.439. The van der Waals surface area contributed by atoms with Crippen molar-refractivity contribution >= 4 is 5.97 Å². The summed E-state index contributed by atoms with van der Waals surface area (Å²) in [5, 5.41) is 8.70. The SMILES string of the molecule is C=C/C=C(\C=C/C(C)C/C=C\C=C/C)OCCN(C)CC(=O)O.